The largest absolute Gasteiger partial charge is 0.490 e. The summed E-state index contributed by atoms with van der Waals surface area (Å²) in [6.45, 7) is 12.3. The monoisotopic (exact) mass is 508 g/mol. The van der Waals surface area contributed by atoms with Crippen LogP contribution in [0.4, 0.5) is 5.00 Å². The molecule has 0 bridgehead atoms. The van der Waals surface area contributed by atoms with Crippen LogP contribution in [0, 0.1) is 11.3 Å². The van der Waals surface area contributed by atoms with E-state index < -0.39 is 0 Å². The van der Waals surface area contributed by atoms with Crippen LogP contribution in [-0.2, 0) is 19.4 Å². The number of nitrogens with one attached hydrogen (secondary N) is 1. The number of furan rings is 1. The summed E-state index contributed by atoms with van der Waals surface area (Å²) < 4.78 is 16.8. The maximum atomic E-state index is 13.4. The zero-order valence-electron chi connectivity index (χ0n) is 21.8. The van der Waals surface area contributed by atoms with E-state index in [9.17, 15) is 4.79 Å². The maximum Gasteiger partial charge on any atom is 0.255 e. The van der Waals surface area contributed by atoms with E-state index in [4.69, 9.17) is 18.9 Å². The van der Waals surface area contributed by atoms with Crippen LogP contribution in [0.2, 0.25) is 0 Å². The fourth-order valence-electron chi connectivity index (χ4n) is 4.59. The summed E-state index contributed by atoms with van der Waals surface area (Å²) in [6, 6.07) is 9.47. The van der Waals surface area contributed by atoms with Crippen molar-refractivity contribution >= 4 is 28.5 Å². The van der Waals surface area contributed by atoms with Gasteiger partial charge in [0.05, 0.1) is 31.6 Å². The molecule has 1 amide bonds. The summed E-state index contributed by atoms with van der Waals surface area (Å²) in [5.41, 5.74) is 2.96. The first-order valence-electron chi connectivity index (χ1n) is 12.7. The fraction of sp³-hybridized carbons (Fsp3) is 0.448. The molecule has 1 aromatic carbocycles. The number of hydrogen-bond donors (Lipinski definition) is 1. The van der Waals surface area contributed by atoms with Crippen molar-refractivity contribution in [3.05, 3.63) is 63.9 Å². The van der Waals surface area contributed by atoms with E-state index in [1.54, 1.807) is 23.8 Å². The summed E-state index contributed by atoms with van der Waals surface area (Å²) in [5, 5.41) is 3.78. The first kappa shape index (κ1) is 26.0. The molecule has 1 aliphatic carbocycles. The predicted molar refractivity (Wildman–Crippen MR) is 145 cm³/mol. The van der Waals surface area contributed by atoms with Crippen LogP contribution in [-0.4, -0.2) is 25.3 Å². The standard InChI is InChI=1S/C29H36N2O4S/c1-6-33-23-13-10-19(15-24(23)34-7-2)17-31-28-26(27(32)30-18-21-9-8-14-35-21)22-12-11-20(29(3,4)5)16-25(22)36-28/h8-10,13-15,17,20H,6-7,11-12,16,18H2,1-5H3,(H,30,32)/t20-/m1/s1. The van der Waals surface area contributed by atoms with E-state index in [0.717, 1.165) is 41.2 Å². The topological polar surface area (TPSA) is 73.1 Å². The number of benzene rings is 1. The Morgan fingerprint density at radius 2 is 1.97 bits per heavy atom. The lowest BCUT2D eigenvalue weighted by atomic mass is 9.72. The number of rotatable bonds is 9. The lowest BCUT2D eigenvalue weighted by Crippen LogP contribution is -2.28. The molecule has 1 atom stereocenters. The van der Waals surface area contributed by atoms with E-state index in [0.29, 0.717) is 42.7 Å². The van der Waals surface area contributed by atoms with Gasteiger partial charge in [0.1, 0.15) is 10.8 Å². The molecule has 2 heterocycles. The molecule has 1 N–H and O–H groups in total. The van der Waals surface area contributed by atoms with E-state index in [1.807, 2.05) is 44.2 Å². The first-order chi connectivity index (χ1) is 17.3. The van der Waals surface area contributed by atoms with Crippen molar-refractivity contribution in [1.82, 2.24) is 5.32 Å². The number of carbonyl (C=O) groups excluding carboxylic acids is 1. The van der Waals surface area contributed by atoms with Crippen molar-refractivity contribution in [2.45, 2.75) is 60.4 Å². The van der Waals surface area contributed by atoms with Crippen molar-refractivity contribution in [2.75, 3.05) is 13.2 Å². The summed E-state index contributed by atoms with van der Waals surface area (Å²) in [6.07, 6.45) is 6.37. The van der Waals surface area contributed by atoms with Crippen LogP contribution in [0.5, 0.6) is 11.5 Å². The van der Waals surface area contributed by atoms with Crippen LogP contribution in [0.15, 0.2) is 46.0 Å². The van der Waals surface area contributed by atoms with Crippen LogP contribution in [0.3, 0.4) is 0 Å². The second-order valence-electron chi connectivity index (χ2n) is 10.1. The van der Waals surface area contributed by atoms with Crippen LogP contribution in [0.1, 0.15) is 73.2 Å². The molecule has 6 nitrogen and oxygen atoms in total. The Morgan fingerprint density at radius 3 is 2.67 bits per heavy atom. The molecular weight excluding hydrogens is 472 g/mol. The van der Waals surface area contributed by atoms with Crippen molar-refractivity contribution < 1.29 is 18.7 Å². The van der Waals surface area contributed by atoms with Gasteiger partial charge in [0.2, 0.25) is 0 Å². The molecule has 3 aromatic rings. The summed E-state index contributed by atoms with van der Waals surface area (Å²) in [5.74, 6) is 2.61. The van der Waals surface area contributed by atoms with E-state index in [-0.39, 0.29) is 11.3 Å². The normalized spacial score (nSPS) is 15.6. The Hall–Kier alpha value is -3.06. The van der Waals surface area contributed by atoms with Gasteiger partial charge in [-0.15, -0.1) is 11.3 Å². The van der Waals surface area contributed by atoms with Crippen molar-refractivity contribution in [1.29, 1.82) is 0 Å². The minimum Gasteiger partial charge on any atom is -0.490 e. The number of thiophene rings is 1. The average molecular weight is 509 g/mol. The molecule has 0 saturated carbocycles. The van der Waals surface area contributed by atoms with Gasteiger partial charge in [-0.2, -0.15) is 0 Å². The van der Waals surface area contributed by atoms with Crippen molar-refractivity contribution in [3.8, 4) is 11.5 Å². The number of fused-ring (bicyclic) bond motifs is 1. The van der Waals surface area contributed by atoms with Gasteiger partial charge < -0.3 is 19.2 Å². The average Bonchev–Trinajstić information content (AvgIpc) is 3.49. The molecule has 0 saturated heterocycles. The second-order valence-corrected chi connectivity index (χ2v) is 11.2. The van der Waals surface area contributed by atoms with Gasteiger partial charge in [0.25, 0.3) is 5.91 Å². The summed E-state index contributed by atoms with van der Waals surface area (Å²) in [7, 11) is 0. The highest BCUT2D eigenvalue weighted by Crippen LogP contribution is 2.45. The Bertz CT molecular complexity index is 1200. The van der Waals surface area contributed by atoms with Gasteiger partial charge in [-0.05, 0) is 85.9 Å². The highest BCUT2D eigenvalue weighted by atomic mass is 32.1. The fourth-order valence-corrected chi connectivity index (χ4v) is 5.85. The van der Waals surface area contributed by atoms with Gasteiger partial charge in [0, 0.05) is 11.1 Å². The maximum absolute atomic E-state index is 13.4. The van der Waals surface area contributed by atoms with Gasteiger partial charge in [0.15, 0.2) is 11.5 Å². The SMILES string of the molecule is CCOc1ccc(C=Nc2sc3c(c2C(=O)NCc2ccco2)CC[C@@H](C(C)(C)C)C3)cc1OCC. The van der Waals surface area contributed by atoms with Gasteiger partial charge in [-0.1, -0.05) is 20.8 Å². The smallest absolute Gasteiger partial charge is 0.255 e. The van der Waals surface area contributed by atoms with E-state index in [1.165, 1.54) is 4.88 Å². The highest BCUT2D eigenvalue weighted by molar-refractivity contribution is 7.16. The molecule has 192 valence electrons. The van der Waals surface area contributed by atoms with E-state index in [2.05, 4.69) is 26.1 Å². The zero-order valence-corrected chi connectivity index (χ0v) is 22.7. The molecule has 0 radical (unpaired) electrons. The minimum absolute atomic E-state index is 0.105. The third-order valence-corrected chi connectivity index (χ3v) is 7.76. The van der Waals surface area contributed by atoms with E-state index >= 15 is 0 Å². The molecule has 1 aliphatic rings. The Kier molecular flexibility index (Phi) is 8.19. The number of carbonyl (C=O) groups is 1. The molecule has 4 rings (SSSR count). The van der Waals surface area contributed by atoms with Crippen molar-refractivity contribution in [2.24, 2.45) is 16.3 Å². The zero-order chi connectivity index (χ0) is 25.7. The summed E-state index contributed by atoms with van der Waals surface area (Å²) >= 11 is 1.64. The molecule has 0 unspecified atom stereocenters. The number of nitrogens with zero attached hydrogens (tertiary/aromatic N) is 1. The molecule has 2 aromatic heterocycles. The number of aliphatic imine (C=N–C) groups is 1. The molecule has 0 fully saturated rings. The van der Waals surface area contributed by atoms with Crippen molar-refractivity contribution in [3.63, 3.8) is 0 Å². The lowest BCUT2D eigenvalue weighted by molar-refractivity contribution is 0.0947. The van der Waals surface area contributed by atoms with Gasteiger partial charge in [-0.3, -0.25) is 4.79 Å². The Morgan fingerprint density at radius 1 is 1.19 bits per heavy atom. The number of ether oxygens (including phenoxy) is 2. The van der Waals surface area contributed by atoms with Crippen LogP contribution < -0.4 is 14.8 Å². The molecule has 36 heavy (non-hydrogen) atoms. The molecule has 0 spiro atoms. The molecule has 7 heteroatoms. The van der Waals surface area contributed by atoms with Crippen LogP contribution >= 0.6 is 11.3 Å². The summed E-state index contributed by atoms with van der Waals surface area (Å²) in [4.78, 5) is 19.5. The third-order valence-electron chi connectivity index (χ3n) is 6.60. The minimum atomic E-state index is -0.105. The van der Waals surface area contributed by atoms with Crippen LogP contribution in [0.25, 0.3) is 0 Å². The Labute approximate surface area is 217 Å². The molecular formula is C29H36N2O4S. The number of amides is 1. The van der Waals surface area contributed by atoms with Gasteiger partial charge >= 0.3 is 0 Å². The second kappa shape index (κ2) is 11.3. The quantitative estimate of drug-likeness (QED) is 0.317. The first-order valence-corrected chi connectivity index (χ1v) is 13.5. The Balaban J connectivity index is 1.65. The lowest BCUT2D eigenvalue weighted by Gasteiger charge is -2.33. The number of hydrogen-bond acceptors (Lipinski definition) is 6. The predicted octanol–water partition coefficient (Wildman–Crippen LogP) is 6.97. The molecule has 0 aliphatic heterocycles. The highest BCUT2D eigenvalue weighted by Gasteiger charge is 2.33. The third kappa shape index (κ3) is 6.01. The van der Waals surface area contributed by atoms with Gasteiger partial charge in [-0.25, -0.2) is 4.99 Å².